The molecule has 1 aliphatic rings. The van der Waals surface area contributed by atoms with Crippen LogP contribution >= 0.6 is 0 Å². The van der Waals surface area contributed by atoms with Crippen LogP contribution in [-0.2, 0) is 5.92 Å². The smallest absolute Gasteiger partial charge is 0.333 e. The standard InChI is InChI=1S/C26H23F2N9/c27-26(28,25-34-33-23-8-7-22(35-37(23)25)17-3-2-6-20(29)14-17)19-5-1-4-18(13-19)24-31-15-21(16-32-24)36-11-9-30-10-12-36/h1-8,13-16,30H,9-12,29H2. The fourth-order valence-corrected chi connectivity index (χ4v) is 4.38. The van der Waals surface area contributed by atoms with Crippen molar-refractivity contribution < 1.29 is 8.78 Å². The van der Waals surface area contributed by atoms with Crippen LogP contribution in [0.4, 0.5) is 20.2 Å². The highest BCUT2D eigenvalue weighted by Crippen LogP contribution is 2.36. The van der Waals surface area contributed by atoms with Crippen molar-refractivity contribution >= 4 is 17.0 Å². The van der Waals surface area contributed by atoms with Crippen LogP contribution < -0.4 is 16.0 Å². The summed E-state index contributed by atoms with van der Waals surface area (Å²) in [7, 11) is 0. The van der Waals surface area contributed by atoms with Gasteiger partial charge in [0.15, 0.2) is 11.5 Å². The number of nitrogens with zero attached hydrogens (tertiary/aromatic N) is 7. The van der Waals surface area contributed by atoms with Gasteiger partial charge < -0.3 is 16.0 Å². The lowest BCUT2D eigenvalue weighted by molar-refractivity contribution is 0.0307. The normalized spacial score (nSPS) is 14.3. The number of nitrogen functional groups attached to an aromatic ring is 1. The molecule has 186 valence electrons. The van der Waals surface area contributed by atoms with Crippen LogP contribution in [-0.4, -0.2) is 56.0 Å². The zero-order valence-electron chi connectivity index (χ0n) is 19.7. The van der Waals surface area contributed by atoms with Gasteiger partial charge in [-0.1, -0.05) is 30.3 Å². The molecule has 1 aliphatic heterocycles. The molecule has 0 atom stereocenters. The molecule has 1 fully saturated rings. The van der Waals surface area contributed by atoms with Crippen molar-refractivity contribution in [3.05, 3.63) is 84.4 Å². The van der Waals surface area contributed by atoms with Crippen molar-refractivity contribution in [3.63, 3.8) is 0 Å². The van der Waals surface area contributed by atoms with Crippen molar-refractivity contribution in [3.8, 4) is 22.6 Å². The van der Waals surface area contributed by atoms with Crippen molar-refractivity contribution in [1.82, 2.24) is 35.1 Å². The average Bonchev–Trinajstić information content (AvgIpc) is 3.38. The predicted molar refractivity (Wildman–Crippen MR) is 136 cm³/mol. The van der Waals surface area contributed by atoms with Gasteiger partial charge in [0, 0.05) is 48.6 Å². The van der Waals surface area contributed by atoms with E-state index < -0.39 is 11.7 Å². The van der Waals surface area contributed by atoms with Crippen LogP contribution in [0.3, 0.4) is 0 Å². The highest BCUT2D eigenvalue weighted by molar-refractivity contribution is 5.65. The molecule has 0 aliphatic carbocycles. The second-order valence-corrected chi connectivity index (χ2v) is 8.79. The van der Waals surface area contributed by atoms with Crippen LogP contribution in [0.2, 0.25) is 0 Å². The maximum atomic E-state index is 15.8. The Balaban J connectivity index is 1.33. The van der Waals surface area contributed by atoms with E-state index in [0.29, 0.717) is 28.3 Å². The third kappa shape index (κ3) is 4.33. The van der Waals surface area contributed by atoms with E-state index in [1.165, 1.54) is 12.1 Å². The van der Waals surface area contributed by atoms with Gasteiger partial charge in [-0.3, -0.25) is 0 Å². The number of benzene rings is 2. The molecule has 37 heavy (non-hydrogen) atoms. The number of nitrogens with two attached hydrogens (primary N) is 1. The second-order valence-electron chi connectivity index (χ2n) is 8.79. The highest BCUT2D eigenvalue weighted by atomic mass is 19.3. The lowest BCUT2D eigenvalue weighted by Gasteiger charge is -2.28. The number of nitrogens with one attached hydrogen (secondary N) is 1. The quantitative estimate of drug-likeness (QED) is 0.354. The summed E-state index contributed by atoms with van der Waals surface area (Å²) in [5, 5.41) is 15.4. The second kappa shape index (κ2) is 9.17. The number of piperazine rings is 1. The van der Waals surface area contributed by atoms with Gasteiger partial charge >= 0.3 is 5.92 Å². The number of fused-ring (bicyclic) bond motifs is 1. The molecule has 0 radical (unpaired) electrons. The third-order valence-electron chi connectivity index (χ3n) is 6.33. The summed E-state index contributed by atoms with van der Waals surface area (Å²) in [6.07, 6.45) is 3.46. The molecule has 4 heterocycles. The van der Waals surface area contributed by atoms with Gasteiger partial charge in [-0.05, 0) is 30.3 Å². The Morgan fingerprint density at radius 1 is 0.865 bits per heavy atom. The first-order valence-corrected chi connectivity index (χ1v) is 11.8. The first-order valence-electron chi connectivity index (χ1n) is 11.8. The molecular weight excluding hydrogens is 476 g/mol. The fourth-order valence-electron chi connectivity index (χ4n) is 4.38. The highest BCUT2D eigenvalue weighted by Gasteiger charge is 2.40. The number of rotatable bonds is 5. The Labute approximate surface area is 211 Å². The summed E-state index contributed by atoms with van der Waals surface area (Å²) >= 11 is 0. The SMILES string of the molecule is Nc1cccc(-c2ccc3nnc(C(F)(F)c4cccc(-c5ncc(N6CCNCC6)cn5)c4)n3n2)c1. The van der Waals surface area contributed by atoms with Crippen LogP contribution in [0.15, 0.2) is 73.1 Å². The predicted octanol–water partition coefficient (Wildman–Crippen LogP) is 3.38. The molecule has 0 spiro atoms. The summed E-state index contributed by atoms with van der Waals surface area (Å²) < 4.78 is 32.7. The minimum atomic E-state index is -3.47. The Kier molecular flexibility index (Phi) is 5.68. The van der Waals surface area contributed by atoms with E-state index >= 15 is 8.78 Å². The van der Waals surface area contributed by atoms with Crippen LogP contribution in [0.5, 0.6) is 0 Å². The molecule has 2 aromatic carbocycles. The third-order valence-corrected chi connectivity index (χ3v) is 6.33. The fraction of sp³-hybridized carbons (Fsp3) is 0.192. The summed E-state index contributed by atoms with van der Waals surface area (Å²) in [6, 6.07) is 16.3. The minimum absolute atomic E-state index is 0.213. The van der Waals surface area contributed by atoms with E-state index in [2.05, 4.69) is 35.5 Å². The summed E-state index contributed by atoms with van der Waals surface area (Å²) in [6.45, 7) is 3.52. The molecule has 1 saturated heterocycles. The maximum Gasteiger partial charge on any atom is 0.333 e. The number of halogens is 2. The number of hydrogen-bond acceptors (Lipinski definition) is 8. The molecule has 0 unspecified atom stereocenters. The molecule has 3 N–H and O–H groups in total. The van der Waals surface area contributed by atoms with Gasteiger partial charge in [-0.15, -0.1) is 10.2 Å². The first kappa shape index (κ1) is 22.9. The monoisotopic (exact) mass is 499 g/mol. The van der Waals surface area contributed by atoms with E-state index in [1.807, 2.05) is 6.07 Å². The summed E-state index contributed by atoms with van der Waals surface area (Å²) in [5.74, 6) is -3.69. The Morgan fingerprint density at radius 2 is 1.62 bits per heavy atom. The Hall–Kier alpha value is -4.51. The molecule has 3 aromatic heterocycles. The van der Waals surface area contributed by atoms with Gasteiger partial charge in [0.25, 0.3) is 0 Å². The molecule has 9 nitrogen and oxygen atoms in total. The Morgan fingerprint density at radius 3 is 2.41 bits per heavy atom. The van der Waals surface area contributed by atoms with Gasteiger partial charge in [0.2, 0.25) is 5.82 Å². The minimum Gasteiger partial charge on any atom is -0.399 e. The summed E-state index contributed by atoms with van der Waals surface area (Å²) in [4.78, 5) is 11.1. The van der Waals surface area contributed by atoms with Crippen LogP contribution in [0, 0.1) is 0 Å². The molecule has 11 heteroatoms. The number of alkyl halides is 2. The zero-order chi connectivity index (χ0) is 25.4. The molecule has 6 rings (SSSR count). The number of anilines is 2. The largest absolute Gasteiger partial charge is 0.399 e. The lowest BCUT2D eigenvalue weighted by Crippen LogP contribution is -2.43. The summed E-state index contributed by atoms with van der Waals surface area (Å²) in [5.41, 5.74) is 8.94. The van der Waals surface area contributed by atoms with Crippen molar-refractivity contribution in [1.29, 1.82) is 0 Å². The van der Waals surface area contributed by atoms with Gasteiger partial charge in [0.05, 0.1) is 23.8 Å². The lowest BCUT2D eigenvalue weighted by atomic mass is 10.0. The number of aromatic nitrogens is 6. The zero-order valence-corrected chi connectivity index (χ0v) is 19.7. The molecular formula is C26H23F2N9. The van der Waals surface area contributed by atoms with Gasteiger partial charge in [0.1, 0.15) is 0 Å². The molecule has 0 bridgehead atoms. The topological polar surface area (TPSA) is 110 Å². The van der Waals surface area contributed by atoms with Crippen molar-refractivity contribution in [2.75, 3.05) is 36.8 Å². The van der Waals surface area contributed by atoms with Gasteiger partial charge in [-0.2, -0.15) is 18.4 Å². The molecule has 0 amide bonds. The Bertz CT molecular complexity index is 1560. The molecule has 0 saturated carbocycles. The maximum absolute atomic E-state index is 15.8. The average molecular weight is 500 g/mol. The van der Waals surface area contributed by atoms with E-state index in [9.17, 15) is 0 Å². The number of hydrogen-bond donors (Lipinski definition) is 2. The van der Waals surface area contributed by atoms with E-state index in [4.69, 9.17) is 5.73 Å². The van der Waals surface area contributed by atoms with Crippen LogP contribution in [0.1, 0.15) is 11.4 Å². The molecule has 5 aromatic rings. The first-order chi connectivity index (χ1) is 18.0. The van der Waals surface area contributed by atoms with E-state index in [0.717, 1.165) is 36.4 Å². The van der Waals surface area contributed by atoms with Crippen LogP contribution in [0.25, 0.3) is 28.3 Å². The van der Waals surface area contributed by atoms with Crippen molar-refractivity contribution in [2.45, 2.75) is 5.92 Å². The van der Waals surface area contributed by atoms with Crippen molar-refractivity contribution in [2.24, 2.45) is 0 Å². The van der Waals surface area contributed by atoms with Gasteiger partial charge in [-0.25, -0.2) is 9.97 Å². The van der Waals surface area contributed by atoms with E-state index in [-0.39, 0.29) is 11.2 Å². The van der Waals surface area contributed by atoms with E-state index in [1.54, 1.807) is 54.9 Å².